The van der Waals surface area contributed by atoms with E-state index in [1.54, 1.807) is 11.3 Å². The van der Waals surface area contributed by atoms with Crippen molar-refractivity contribution in [1.82, 2.24) is 15.5 Å². The minimum Gasteiger partial charge on any atom is -0.316 e. The number of piperidine rings is 1. The summed E-state index contributed by atoms with van der Waals surface area (Å²) in [5.74, 6) is 0.570. The molecule has 2 aromatic rings. The molecule has 0 radical (unpaired) electrons. The number of hydrogen-bond donors (Lipinski definition) is 2. The van der Waals surface area contributed by atoms with Crippen molar-refractivity contribution in [2.45, 2.75) is 18.8 Å². The molecule has 0 saturated carbocycles. The van der Waals surface area contributed by atoms with Crippen LogP contribution < -0.4 is 5.32 Å². The molecule has 90 valence electrons. The molecular weight excluding hydrogens is 254 g/mol. The number of aromatic nitrogens is 2. The van der Waals surface area contributed by atoms with Gasteiger partial charge in [0.2, 0.25) is 0 Å². The van der Waals surface area contributed by atoms with Crippen LogP contribution in [0, 0.1) is 0 Å². The monoisotopic (exact) mass is 267 g/mol. The predicted octanol–water partition coefficient (Wildman–Crippen LogP) is 3.26. The highest BCUT2D eigenvalue weighted by Crippen LogP contribution is 2.31. The first-order chi connectivity index (χ1) is 8.33. The number of hydrogen-bond acceptors (Lipinski definition) is 3. The van der Waals surface area contributed by atoms with Gasteiger partial charge >= 0.3 is 0 Å². The molecule has 0 aliphatic carbocycles. The quantitative estimate of drug-likeness (QED) is 0.877. The molecule has 1 aliphatic rings. The van der Waals surface area contributed by atoms with Crippen molar-refractivity contribution in [2.24, 2.45) is 0 Å². The second-order valence-corrected chi connectivity index (χ2v) is 6.07. The van der Waals surface area contributed by atoms with Gasteiger partial charge in [-0.3, -0.25) is 5.10 Å². The standard InChI is InChI=1S/C12H14ClN3S/c13-12-4-3-11(17-12)10-6-9(15-16-10)8-2-1-5-14-7-8/h3-4,6,8,14H,1-2,5,7H2,(H,15,16). The number of rotatable bonds is 2. The summed E-state index contributed by atoms with van der Waals surface area (Å²) in [4.78, 5) is 1.13. The highest BCUT2D eigenvalue weighted by atomic mass is 35.5. The number of aromatic amines is 1. The second kappa shape index (κ2) is 4.80. The van der Waals surface area contributed by atoms with Gasteiger partial charge in [0, 0.05) is 18.2 Å². The van der Waals surface area contributed by atoms with Crippen molar-refractivity contribution in [3.8, 4) is 10.6 Å². The van der Waals surface area contributed by atoms with Gasteiger partial charge in [-0.25, -0.2) is 0 Å². The van der Waals surface area contributed by atoms with E-state index in [0.717, 1.165) is 28.0 Å². The van der Waals surface area contributed by atoms with Gasteiger partial charge in [-0.1, -0.05) is 11.6 Å². The highest BCUT2D eigenvalue weighted by molar-refractivity contribution is 7.19. The van der Waals surface area contributed by atoms with E-state index < -0.39 is 0 Å². The van der Waals surface area contributed by atoms with E-state index >= 15 is 0 Å². The third kappa shape index (κ3) is 2.39. The molecule has 1 saturated heterocycles. The van der Waals surface area contributed by atoms with Crippen LogP contribution in [0.5, 0.6) is 0 Å². The van der Waals surface area contributed by atoms with Crippen LogP contribution in [0.4, 0.5) is 0 Å². The van der Waals surface area contributed by atoms with Gasteiger partial charge in [0.05, 0.1) is 9.21 Å². The average molecular weight is 268 g/mol. The zero-order chi connectivity index (χ0) is 11.7. The van der Waals surface area contributed by atoms with Crippen molar-refractivity contribution in [3.05, 3.63) is 28.2 Å². The van der Waals surface area contributed by atoms with E-state index in [0.29, 0.717) is 5.92 Å². The van der Waals surface area contributed by atoms with Crippen LogP contribution in [0.3, 0.4) is 0 Å². The number of thiophene rings is 1. The number of halogens is 1. The smallest absolute Gasteiger partial charge is 0.102 e. The summed E-state index contributed by atoms with van der Waals surface area (Å²) in [5.41, 5.74) is 2.24. The van der Waals surface area contributed by atoms with E-state index in [2.05, 4.69) is 21.6 Å². The van der Waals surface area contributed by atoms with Crippen LogP contribution in [-0.4, -0.2) is 23.3 Å². The maximum absolute atomic E-state index is 5.94. The topological polar surface area (TPSA) is 40.7 Å². The number of nitrogens with one attached hydrogen (secondary N) is 2. The van der Waals surface area contributed by atoms with Gasteiger partial charge in [-0.15, -0.1) is 11.3 Å². The van der Waals surface area contributed by atoms with E-state index in [1.165, 1.54) is 18.5 Å². The summed E-state index contributed by atoms with van der Waals surface area (Å²) < 4.78 is 0.809. The molecule has 0 spiro atoms. The van der Waals surface area contributed by atoms with Crippen LogP contribution in [0.25, 0.3) is 10.6 Å². The molecule has 3 nitrogen and oxygen atoms in total. The summed E-state index contributed by atoms with van der Waals surface area (Å²) in [7, 11) is 0. The Morgan fingerprint density at radius 2 is 2.35 bits per heavy atom. The normalized spacial score (nSPS) is 20.6. The van der Waals surface area contributed by atoms with Crippen molar-refractivity contribution < 1.29 is 0 Å². The zero-order valence-electron chi connectivity index (χ0n) is 9.37. The van der Waals surface area contributed by atoms with Gasteiger partial charge < -0.3 is 5.32 Å². The summed E-state index contributed by atoms with van der Waals surface area (Å²) in [6.07, 6.45) is 2.48. The second-order valence-electron chi connectivity index (χ2n) is 4.36. The molecule has 2 N–H and O–H groups in total. The Morgan fingerprint density at radius 3 is 3.06 bits per heavy atom. The lowest BCUT2D eigenvalue weighted by Crippen LogP contribution is -2.28. The van der Waals surface area contributed by atoms with E-state index in [4.69, 9.17) is 11.6 Å². The van der Waals surface area contributed by atoms with Crippen LogP contribution in [0.2, 0.25) is 4.34 Å². The molecule has 1 atom stereocenters. The van der Waals surface area contributed by atoms with Crippen molar-refractivity contribution in [3.63, 3.8) is 0 Å². The lowest BCUT2D eigenvalue weighted by atomic mass is 9.96. The first-order valence-electron chi connectivity index (χ1n) is 5.84. The van der Waals surface area contributed by atoms with Crippen molar-refractivity contribution >= 4 is 22.9 Å². The minimum absolute atomic E-state index is 0.570. The molecule has 0 amide bonds. The minimum atomic E-state index is 0.570. The molecular formula is C12H14ClN3S. The van der Waals surface area contributed by atoms with Gasteiger partial charge in [-0.05, 0) is 37.6 Å². The van der Waals surface area contributed by atoms with Gasteiger partial charge in [0.1, 0.15) is 5.69 Å². The summed E-state index contributed by atoms with van der Waals surface area (Å²) >= 11 is 7.50. The van der Waals surface area contributed by atoms with E-state index in [1.807, 2.05) is 12.1 Å². The lowest BCUT2D eigenvalue weighted by Gasteiger charge is -2.21. The summed E-state index contributed by atoms with van der Waals surface area (Å²) in [6.45, 7) is 2.19. The first kappa shape index (κ1) is 11.3. The number of nitrogens with zero attached hydrogens (tertiary/aromatic N) is 1. The lowest BCUT2D eigenvalue weighted by molar-refractivity contribution is 0.454. The number of H-pyrrole nitrogens is 1. The van der Waals surface area contributed by atoms with Crippen LogP contribution in [0.15, 0.2) is 18.2 Å². The Bertz CT molecular complexity index is 499. The Kier molecular flexibility index (Phi) is 3.18. The van der Waals surface area contributed by atoms with Gasteiger partial charge in [0.25, 0.3) is 0 Å². The largest absolute Gasteiger partial charge is 0.316 e. The maximum Gasteiger partial charge on any atom is 0.102 e. The van der Waals surface area contributed by atoms with Crippen molar-refractivity contribution in [2.75, 3.05) is 13.1 Å². The summed E-state index contributed by atoms with van der Waals surface area (Å²) in [5, 5.41) is 11.0. The molecule has 1 unspecified atom stereocenters. The van der Waals surface area contributed by atoms with Crippen LogP contribution in [0.1, 0.15) is 24.5 Å². The van der Waals surface area contributed by atoms with E-state index in [9.17, 15) is 0 Å². The van der Waals surface area contributed by atoms with Crippen molar-refractivity contribution in [1.29, 1.82) is 0 Å². The third-order valence-corrected chi connectivity index (χ3v) is 4.41. The van der Waals surface area contributed by atoms with Gasteiger partial charge in [0.15, 0.2) is 0 Å². The molecule has 0 bridgehead atoms. The Hall–Kier alpha value is -0.840. The molecule has 1 aliphatic heterocycles. The summed E-state index contributed by atoms with van der Waals surface area (Å²) in [6, 6.07) is 6.09. The first-order valence-corrected chi connectivity index (χ1v) is 7.04. The Morgan fingerprint density at radius 1 is 1.41 bits per heavy atom. The fourth-order valence-corrected chi connectivity index (χ4v) is 3.24. The molecule has 1 fully saturated rings. The Balaban J connectivity index is 1.82. The van der Waals surface area contributed by atoms with Gasteiger partial charge in [-0.2, -0.15) is 5.10 Å². The molecule has 5 heteroatoms. The third-order valence-electron chi connectivity index (χ3n) is 3.16. The fourth-order valence-electron chi connectivity index (χ4n) is 2.24. The van der Waals surface area contributed by atoms with E-state index in [-0.39, 0.29) is 0 Å². The zero-order valence-corrected chi connectivity index (χ0v) is 10.9. The molecule has 3 heterocycles. The van der Waals surface area contributed by atoms with Crippen LogP contribution >= 0.6 is 22.9 Å². The predicted molar refractivity (Wildman–Crippen MR) is 71.8 cm³/mol. The van der Waals surface area contributed by atoms with Crippen LogP contribution in [-0.2, 0) is 0 Å². The maximum atomic E-state index is 5.94. The molecule has 0 aromatic carbocycles. The molecule has 3 rings (SSSR count). The fraction of sp³-hybridized carbons (Fsp3) is 0.417. The Labute approximate surface area is 109 Å². The SMILES string of the molecule is Clc1ccc(-c2cc(C3CCCNC3)[nH]n2)s1. The highest BCUT2D eigenvalue weighted by Gasteiger charge is 2.18. The molecule has 17 heavy (non-hydrogen) atoms. The average Bonchev–Trinajstić information content (AvgIpc) is 2.98. The molecule has 2 aromatic heterocycles.